The Kier molecular flexibility index (Phi) is 4.29. The first-order chi connectivity index (χ1) is 9.74. The van der Waals surface area contributed by atoms with E-state index < -0.39 is 0 Å². The molecule has 104 valence electrons. The summed E-state index contributed by atoms with van der Waals surface area (Å²) in [5.41, 5.74) is 2.55. The summed E-state index contributed by atoms with van der Waals surface area (Å²) in [6, 6.07) is 13.9. The van der Waals surface area contributed by atoms with E-state index in [4.69, 9.17) is 21.1 Å². The summed E-state index contributed by atoms with van der Waals surface area (Å²) in [6.45, 7) is 1.20. The average Bonchev–Trinajstić information content (AvgIpc) is 2.48. The Bertz CT molecular complexity index is 615. The SMILES string of the molecule is Clc1ccc(Br)cc1OCC1OCCc2ccccc21. The maximum atomic E-state index is 6.13. The average molecular weight is 354 g/mol. The molecule has 0 bridgehead atoms. The van der Waals surface area contributed by atoms with Crippen LogP contribution in [0.25, 0.3) is 0 Å². The van der Waals surface area contributed by atoms with Gasteiger partial charge in [0.1, 0.15) is 18.5 Å². The van der Waals surface area contributed by atoms with Crippen molar-refractivity contribution < 1.29 is 9.47 Å². The van der Waals surface area contributed by atoms with Crippen LogP contribution in [0.15, 0.2) is 46.9 Å². The summed E-state index contributed by atoms with van der Waals surface area (Å²) in [4.78, 5) is 0. The fraction of sp³-hybridized carbons (Fsp3) is 0.250. The predicted molar refractivity (Wildman–Crippen MR) is 83.5 cm³/mol. The van der Waals surface area contributed by atoms with Gasteiger partial charge in [-0.2, -0.15) is 0 Å². The Labute approximate surface area is 131 Å². The van der Waals surface area contributed by atoms with Crippen molar-refractivity contribution in [1.82, 2.24) is 0 Å². The summed E-state index contributed by atoms with van der Waals surface area (Å²) < 4.78 is 12.6. The van der Waals surface area contributed by atoms with Gasteiger partial charge in [-0.3, -0.25) is 0 Å². The number of benzene rings is 2. The quantitative estimate of drug-likeness (QED) is 0.789. The van der Waals surface area contributed by atoms with Crippen LogP contribution < -0.4 is 4.74 Å². The van der Waals surface area contributed by atoms with E-state index in [2.05, 4.69) is 34.1 Å². The second kappa shape index (κ2) is 6.17. The van der Waals surface area contributed by atoms with E-state index in [1.54, 1.807) is 0 Å². The van der Waals surface area contributed by atoms with E-state index in [-0.39, 0.29) is 6.10 Å². The van der Waals surface area contributed by atoms with Crippen molar-refractivity contribution in [1.29, 1.82) is 0 Å². The van der Waals surface area contributed by atoms with Crippen LogP contribution in [0.3, 0.4) is 0 Å². The predicted octanol–water partition coefficient (Wildman–Crippen LogP) is 4.80. The zero-order valence-corrected chi connectivity index (χ0v) is 13.2. The van der Waals surface area contributed by atoms with E-state index in [0.29, 0.717) is 17.4 Å². The number of ether oxygens (including phenoxy) is 2. The molecule has 2 aromatic carbocycles. The van der Waals surface area contributed by atoms with Crippen molar-refractivity contribution in [3.05, 3.63) is 63.1 Å². The molecular formula is C16H14BrClO2. The molecule has 0 fully saturated rings. The zero-order chi connectivity index (χ0) is 13.9. The van der Waals surface area contributed by atoms with Crippen molar-refractivity contribution in [2.24, 2.45) is 0 Å². The number of rotatable bonds is 3. The molecule has 1 atom stereocenters. The third-order valence-electron chi connectivity index (χ3n) is 3.38. The van der Waals surface area contributed by atoms with Crippen LogP contribution in [-0.2, 0) is 11.2 Å². The largest absolute Gasteiger partial charge is 0.489 e. The van der Waals surface area contributed by atoms with Gasteiger partial charge in [0.05, 0.1) is 11.6 Å². The minimum atomic E-state index is -0.0324. The number of fused-ring (bicyclic) bond motifs is 1. The first kappa shape index (κ1) is 13.9. The lowest BCUT2D eigenvalue weighted by molar-refractivity contribution is 0.0102. The van der Waals surface area contributed by atoms with Gasteiger partial charge in [-0.25, -0.2) is 0 Å². The normalized spacial score (nSPS) is 17.6. The molecule has 0 N–H and O–H groups in total. The van der Waals surface area contributed by atoms with Gasteiger partial charge in [0, 0.05) is 4.47 Å². The second-order valence-corrected chi connectivity index (χ2v) is 6.02. The fourth-order valence-electron chi connectivity index (χ4n) is 2.37. The highest BCUT2D eigenvalue weighted by Crippen LogP contribution is 2.31. The van der Waals surface area contributed by atoms with Crippen molar-refractivity contribution in [2.75, 3.05) is 13.2 Å². The van der Waals surface area contributed by atoms with Crippen molar-refractivity contribution in [2.45, 2.75) is 12.5 Å². The molecule has 1 aliphatic heterocycles. The highest BCUT2D eigenvalue weighted by molar-refractivity contribution is 9.10. The van der Waals surface area contributed by atoms with Crippen LogP contribution in [0.1, 0.15) is 17.2 Å². The lowest BCUT2D eigenvalue weighted by atomic mass is 9.98. The molecular weight excluding hydrogens is 340 g/mol. The molecule has 3 rings (SSSR count). The number of halogens is 2. The second-order valence-electron chi connectivity index (χ2n) is 4.69. The van der Waals surface area contributed by atoms with E-state index in [0.717, 1.165) is 17.5 Å². The van der Waals surface area contributed by atoms with Gasteiger partial charge in [-0.05, 0) is 35.7 Å². The molecule has 0 amide bonds. The Hall–Kier alpha value is -1.03. The molecule has 4 heteroatoms. The Morgan fingerprint density at radius 1 is 1.25 bits per heavy atom. The maximum absolute atomic E-state index is 6.13. The van der Waals surface area contributed by atoms with Gasteiger partial charge in [-0.1, -0.05) is 51.8 Å². The minimum Gasteiger partial charge on any atom is -0.489 e. The molecule has 1 heterocycles. The summed E-state index contributed by atoms with van der Waals surface area (Å²) in [6.07, 6.45) is 0.930. The van der Waals surface area contributed by atoms with Crippen LogP contribution in [0, 0.1) is 0 Å². The first-order valence-corrected chi connectivity index (χ1v) is 7.68. The van der Waals surface area contributed by atoms with Crippen molar-refractivity contribution in [3.8, 4) is 5.75 Å². The van der Waals surface area contributed by atoms with Gasteiger partial charge in [0.15, 0.2) is 0 Å². The lowest BCUT2D eigenvalue weighted by Gasteiger charge is -2.26. The van der Waals surface area contributed by atoms with Crippen LogP contribution >= 0.6 is 27.5 Å². The molecule has 2 nitrogen and oxygen atoms in total. The summed E-state index contributed by atoms with van der Waals surface area (Å²) in [5.74, 6) is 0.674. The Morgan fingerprint density at radius 3 is 3.00 bits per heavy atom. The third-order valence-corrected chi connectivity index (χ3v) is 4.18. The van der Waals surface area contributed by atoms with E-state index in [9.17, 15) is 0 Å². The highest BCUT2D eigenvalue weighted by atomic mass is 79.9. The molecule has 20 heavy (non-hydrogen) atoms. The smallest absolute Gasteiger partial charge is 0.139 e. The van der Waals surface area contributed by atoms with Crippen LogP contribution in [-0.4, -0.2) is 13.2 Å². The molecule has 0 aliphatic carbocycles. The van der Waals surface area contributed by atoms with Crippen LogP contribution in [0.5, 0.6) is 5.75 Å². The molecule has 0 radical (unpaired) electrons. The van der Waals surface area contributed by atoms with Gasteiger partial charge in [0.2, 0.25) is 0 Å². The lowest BCUT2D eigenvalue weighted by Crippen LogP contribution is -2.21. The maximum Gasteiger partial charge on any atom is 0.139 e. The zero-order valence-electron chi connectivity index (χ0n) is 10.8. The van der Waals surface area contributed by atoms with E-state index in [1.165, 1.54) is 11.1 Å². The topological polar surface area (TPSA) is 18.5 Å². The van der Waals surface area contributed by atoms with E-state index in [1.807, 2.05) is 24.3 Å². The molecule has 0 spiro atoms. The third kappa shape index (κ3) is 3.00. The van der Waals surface area contributed by atoms with Crippen molar-refractivity contribution >= 4 is 27.5 Å². The summed E-state index contributed by atoms with van der Waals surface area (Å²) in [5, 5.41) is 0.609. The Morgan fingerprint density at radius 2 is 2.10 bits per heavy atom. The molecule has 0 aromatic heterocycles. The number of hydrogen-bond donors (Lipinski definition) is 0. The molecule has 0 saturated carbocycles. The van der Waals surface area contributed by atoms with Gasteiger partial charge >= 0.3 is 0 Å². The molecule has 1 unspecified atom stereocenters. The van der Waals surface area contributed by atoms with Gasteiger partial charge in [0.25, 0.3) is 0 Å². The summed E-state index contributed by atoms with van der Waals surface area (Å²) >= 11 is 9.55. The first-order valence-electron chi connectivity index (χ1n) is 6.51. The minimum absolute atomic E-state index is 0.0324. The highest BCUT2D eigenvalue weighted by Gasteiger charge is 2.21. The van der Waals surface area contributed by atoms with Gasteiger partial charge in [-0.15, -0.1) is 0 Å². The van der Waals surface area contributed by atoms with Crippen LogP contribution in [0.4, 0.5) is 0 Å². The fourth-order valence-corrected chi connectivity index (χ4v) is 2.88. The Balaban J connectivity index is 1.75. The molecule has 0 saturated heterocycles. The molecule has 1 aliphatic rings. The monoisotopic (exact) mass is 352 g/mol. The van der Waals surface area contributed by atoms with Gasteiger partial charge < -0.3 is 9.47 Å². The molecule has 2 aromatic rings. The van der Waals surface area contributed by atoms with Crippen molar-refractivity contribution in [3.63, 3.8) is 0 Å². The summed E-state index contributed by atoms with van der Waals surface area (Å²) in [7, 11) is 0. The van der Waals surface area contributed by atoms with E-state index >= 15 is 0 Å². The standard InChI is InChI=1S/C16H14BrClO2/c17-12-5-6-14(18)15(9-12)20-10-16-13-4-2-1-3-11(13)7-8-19-16/h1-6,9,16H,7-8,10H2. The number of hydrogen-bond acceptors (Lipinski definition) is 2. The van der Waals surface area contributed by atoms with Crippen LogP contribution in [0.2, 0.25) is 5.02 Å².